The van der Waals surface area contributed by atoms with Gasteiger partial charge in [0.25, 0.3) is 0 Å². The molecule has 7 nitrogen and oxygen atoms in total. The molecule has 0 radical (unpaired) electrons. The first-order valence-electron chi connectivity index (χ1n) is 7.63. The molecule has 8 heteroatoms. The summed E-state index contributed by atoms with van der Waals surface area (Å²) in [6.07, 6.45) is 0.832. The number of carbonyl (C=O) groups excluding carboxylic acids is 1. The molecule has 0 atom stereocenters. The molecule has 1 amide bonds. The third kappa shape index (κ3) is 2.65. The van der Waals surface area contributed by atoms with Gasteiger partial charge in [0.1, 0.15) is 11.5 Å². The molecule has 0 aliphatic carbocycles. The van der Waals surface area contributed by atoms with E-state index in [1.807, 2.05) is 29.6 Å². The molecule has 0 unspecified atom stereocenters. The molecule has 1 aliphatic rings. The average molecular weight is 341 g/mol. The second-order valence-corrected chi connectivity index (χ2v) is 6.54. The van der Waals surface area contributed by atoms with Gasteiger partial charge in [-0.25, -0.2) is 4.79 Å². The number of fused-ring (bicyclic) bond motifs is 1. The van der Waals surface area contributed by atoms with E-state index in [-0.39, 0.29) is 12.5 Å². The van der Waals surface area contributed by atoms with Gasteiger partial charge in [0.05, 0.1) is 0 Å². The Labute approximate surface area is 141 Å². The Balaban J connectivity index is 1.51. The predicted octanol–water partition coefficient (Wildman–Crippen LogP) is 1.08. The predicted molar refractivity (Wildman–Crippen MR) is 89.1 cm³/mol. The molecule has 0 fully saturated rings. The summed E-state index contributed by atoms with van der Waals surface area (Å²) in [6.45, 7) is 1.14. The minimum atomic E-state index is -0.400. The molecule has 0 N–H and O–H groups in total. The Morgan fingerprint density at radius 1 is 1.12 bits per heavy atom. The molecule has 3 aromatic rings. The fourth-order valence-electron chi connectivity index (χ4n) is 2.84. The first kappa shape index (κ1) is 14.8. The van der Waals surface area contributed by atoms with Crippen LogP contribution in [0.5, 0.6) is 0 Å². The van der Waals surface area contributed by atoms with Crippen molar-refractivity contribution in [2.24, 2.45) is 0 Å². The van der Waals surface area contributed by atoms with Crippen LogP contribution in [0.1, 0.15) is 11.1 Å². The average Bonchev–Trinajstić information content (AvgIpc) is 3.25. The van der Waals surface area contributed by atoms with Crippen molar-refractivity contribution in [3.63, 3.8) is 0 Å². The smallest absolute Gasteiger partial charge is 0.336 e. The van der Waals surface area contributed by atoms with Crippen LogP contribution in [0, 0.1) is 0 Å². The summed E-state index contributed by atoms with van der Waals surface area (Å²) in [7, 11) is 0. The topological polar surface area (TPSA) is 73.0 Å². The number of aromatic nitrogens is 4. The first-order valence-corrected chi connectivity index (χ1v) is 8.51. The molecule has 0 spiro atoms. The lowest BCUT2D eigenvalue weighted by Gasteiger charge is -2.28. The largest absolute Gasteiger partial charge is 0.369 e. The van der Waals surface area contributed by atoms with Crippen molar-refractivity contribution in [3.8, 4) is 5.00 Å². The van der Waals surface area contributed by atoms with Gasteiger partial charge in [-0.15, -0.1) is 11.3 Å². The quantitative estimate of drug-likeness (QED) is 0.714. The Morgan fingerprint density at radius 3 is 2.75 bits per heavy atom. The van der Waals surface area contributed by atoms with Gasteiger partial charge in [0.2, 0.25) is 5.91 Å². The summed E-state index contributed by atoms with van der Waals surface area (Å²) in [5.41, 5.74) is 2.04. The number of hydrogen-bond donors (Lipinski definition) is 0. The van der Waals surface area contributed by atoms with Crippen LogP contribution in [-0.4, -0.2) is 37.1 Å². The van der Waals surface area contributed by atoms with Crippen LogP contribution < -0.4 is 5.69 Å². The maximum atomic E-state index is 12.5. The maximum Gasteiger partial charge on any atom is 0.369 e. The second kappa shape index (κ2) is 6.04. The van der Waals surface area contributed by atoms with Crippen molar-refractivity contribution < 1.29 is 4.79 Å². The number of rotatable bonds is 3. The summed E-state index contributed by atoms with van der Waals surface area (Å²) in [6, 6.07) is 11.7. The highest BCUT2D eigenvalue weighted by Crippen LogP contribution is 2.18. The number of carbonyl (C=O) groups is 1. The van der Waals surface area contributed by atoms with Crippen molar-refractivity contribution in [2.45, 2.75) is 19.5 Å². The van der Waals surface area contributed by atoms with Gasteiger partial charge in [0.15, 0.2) is 0 Å². The van der Waals surface area contributed by atoms with Gasteiger partial charge in [-0.05, 0) is 45.5 Å². The molecule has 0 saturated carbocycles. The number of tetrazole rings is 1. The number of nitrogens with zero attached hydrogens (tertiary/aromatic N) is 5. The highest BCUT2D eigenvalue weighted by atomic mass is 32.1. The van der Waals surface area contributed by atoms with E-state index in [0.29, 0.717) is 18.1 Å². The van der Waals surface area contributed by atoms with Crippen molar-refractivity contribution in [2.75, 3.05) is 6.54 Å². The van der Waals surface area contributed by atoms with Gasteiger partial charge in [-0.2, -0.15) is 9.36 Å². The second-order valence-electron chi connectivity index (χ2n) is 5.62. The van der Waals surface area contributed by atoms with E-state index in [2.05, 4.69) is 16.5 Å². The zero-order chi connectivity index (χ0) is 16.5. The molecule has 24 heavy (non-hydrogen) atoms. The number of amides is 1. The van der Waals surface area contributed by atoms with Crippen molar-refractivity contribution in [1.82, 2.24) is 24.7 Å². The Bertz CT molecular complexity index is 928. The van der Waals surface area contributed by atoms with Crippen LogP contribution in [0.25, 0.3) is 5.00 Å². The van der Waals surface area contributed by atoms with Gasteiger partial charge >= 0.3 is 5.69 Å². The Morgan fingerprint density at radius 2 is 1.96 bits per heavy atom. The molecule has 122 valence electrons. The van der Waals surface area contributed by atoms with Crippen LogP contribution in [0.4, 0.5) is 0 Å². The van der Waals surface area contributed by atoms with Crippen LogP contribution in [0.15, 0.2) is 46.6 Å². The summed E-state index contributed by atoms with van der Waals surface area (Å²) in [5.74, 6) is -0.121. The van der Waals surface area contributed by atoms with Crippen LogP contribution >= 0.6 is 11.3 Å². The zero-order valence-corrected chi connectivity index (χ0v) is 13.6. The van der Waals surface area contributed by atoms with Gasteiger partial charge in [0, 0.05) is 13.1 Å². The molecule has 0 bridgehead atoms. The van der Waals surface area contributed by atoms with E-state index >= 15 is 0 Å². The van der Waals surface area contributed by atoms with Gasteiger partial charge < -0.3 is 4.90 Å². The fraction of sp³-hybridized carbons (Fsp3) is 0.250. The summed E-state index contributed by atoms with van der Waals surface area (Å²) < 4.78 is 2.33. The molecular formula is C16H15N5O2S. The van der Waals surface area contributed by atoms with Crippen LogP contribution in [0.2, 0.25) is 0 Å². The van der Waals surface area contributed by atoms with E-state index in [4.69, 9.17) is 0 Å². The van der Waals surface area contributed by atoms with E-state index < -0.39 is 5.69 Å². The summed E-state index contributed by atoms with van der Waals surface area (Å²) in [4.78, 5) is 26.6. The molecule has 1 aliphatic heterocycles. The third-order valence-corrected chi connectivity index (χ3v) is 4.97. The number of thiophene rings is 1. The van der Waals surface area contributed by atoms with Gasteiger partial charge in [-0.3, -0.25) is 4.79 Å². The van der Waals surface area contributed by atoms with E-state index in [9.17, 15) is 9.59 Å². The monoisotopic (exact) mass is 341 g/mol. The van der Waals surface area contributed by atoms with E-state index in [0.717, 1.165) is 16.7 Å². The first-order chi connectivity index (χ1) is 11.7. The fourth-order valence-corrected chi connectivity index (χ4v) is 3.51. The van der Waals surface area contributed by atoms with E-state index in [1.165, 1.54) is 21.6 Å². The SMILES string of the molecule is O=C(Cn1nnn(-c2cccs2)c1=O)N1CCc2ccccc2C1. The Kier molecular flexibility index (Phi) is 3.73. The number of hydrogen-bond acceptors (Lipinski definition) is 5. The van der Waals surface area contributed by atoms with Crippen LogP contribution in [-0.2, 0) is 24.3 Å². The lowest BCUT2D eigenvalue weighted by molar-refractivity contribution is -0.133. The minimum absolute atomic E-state index is 0.0909. The molecule has 0 saturated heterocycles. The highest BCUT2D eigenvalue weighted by Gasteiger charge is 2.22. The molecule has 4 rings (SSSR count). The van der Waals surface area contributed by atoms with Gasteiger partial charge in [-0.1, -0.05) is 24.3 Å². The molecule has 3 heterocycles. The normalized spacial score (nSPS) is 13.8. The van der Waals surface area contributed by atoms with Crippen molar-refractivity contribution in [1.29, 1.82) is 0 Å². The summed E-state index contributed by atoms with van der Waals surface area (Å²) in [5, 5.41) is 10.2. The summed E-state index contributed by atoms with van der Waals surface area (Å²) >= 11 is 1.39. The lowest BCUT2D eigenvalue weighted by Crippen LogP contribution is -2.40. The highest BCUT2D eigenvalue weighted by molar-refractivity contribution is 7.12. The standard InChI is InChI=1S/C16H15N5O2S/c22-14(19-8-7-12-4-1-2-5-13(12)10-19)11-20-16(23)21(18-17-20)15-6-3-9-24-15/h1-6,9H,7-8,10-11H2. The van der Waals surface area contributed by atoms with Crippen LogP contribution in [0.3, 0.4) is 0 Å². The lowest BCUT2D eigenvalue weighted by atomic mass is 10.00. The molecule has 1 aromatic carbocycles. The third-order valence-electron chi connectivity index (χ3n) is 4.12. The minimum Gasteiger partial charge on any atom is -0.336 e. The van der Waals surface area contributed by atoms with Crippen molar-refractivity contribution in [3.05, 3.63) is 63.4 Å². The van der Waals surface area contributed by atoms with Crippen molar-refractivity contribution >= 4 is 17.2 Å². The number of benzene rings is 1. The zero-order valence-electron chi connectivity index (χ0n) is 12.8. The molecular weight excluding hydrogens is 326 g/mol. The maximum absolute atomic E-state index is 12.5. The van der Waals surface area contributed by atoms with E-state index in [1.54, 1.807) is 11.0 Å². The molecule has 2 aromatic heterocycles. The Hall–Kier alpha value is -2.74.